The maximum atomic E-state index is 10.3. The third-order valence-corrected chi connectivity index (χ3v) is 3.29. The first-order valence-corrected chi connectivity index (χ1v) is 6.35. The minimum absolute atomic E-state index is 0.478. The number of hydrogen-bond acceptors (Lipinski definition) is 4. The number of aryl methyl sites for hydroxylation is 2. The monoisotopic (exact) mass is 275 g/mol. The fraction of sp³-hybridized carbons (Fsp3) is 0.750. The predicted octanol–water partition coefficient (Wildman–Crippen LogP) is 0.911. The molecular weight excluding hydrogens is 254 g/mol. The van der Waals surface area contributed by atoms with Gasteiger partial charge in [-0.1, -0.05) is 11.6 Å². The number of methoxy groups -OCH3 is 1. The van der Waals surface area contributed by atoms with Gasteiger partial charge in [0.2, 0.25) is 0 Å². The Morgan fingerprint density at radius 3 is 2.72 bits per heavy atom. The molecule has 104 valence electrons. The normalized spacial score (nSPS) is 14.8. The van der Waals surface area contributed by atoms with Gasteiger partial charge in [-0.05, 0) is 13.8 Å². The third kappa shape index (κ3) is 4.24. The fourth-order valence-electron chi connectivity index (χ4n) is 1.85. The van der Waals surface area contributed by atoms with E-state index in [0.717, 1.165) is 11.3 Å². The van der Waals surface area contributed by atoms with E-state index in [9.17, 15) is 5.11 Å². The molecule has 0 aliphatic rings. The van der Waals surface area contributed by atoms with Crippen LogP contribution in [0.15, 0.2) is 0 Å². The number of aliphatic hydroxyl groups is 1. The first-order chi connectivity index (χ1) is 8.37. The molecule has 0 fully saturated rings. The lowest BCUT2D eigenvalue weighted by atomic mass is 9.97. The molecular formula is C12H22ClN3O2. The first kappa shape index (κ1) is 15.4. The van der Waals surface area contributed by atoms with E-state index in [4.69, 9.17) is 16.3 Å². The number of nitrogens with one attached hydrogen (secondary N) is 1. The van der Waals surface area contributed by atoms with Crippen LogP contribution in [0, 0.1) is 6.92 Å². The molecule has 5 nitrogen and oxygen atoms in total. The second-order valence-corrected chi connectivity index (χ2v) is 5.18. The minimum Gasteiger partial charge on any atom is -0.389 e. The van der Waals surface area contributed by atoms with Gasteiger partial charge in [0.05, 0.1) is 17.9 Å². The van der Waals surface area contributed by atoms with Crippen LogP contribution in [-0.4, -0.2) is 47.3 Å². The van der Waals surface area contributed by atoms with Crippen LogP contribution in [0.3, 0.4) is 0 Å². The predicted molar refractivity (Wildman–Crippen MR) is 72.0 cm³/mol. The van der Waals surface area contributed by atoms with Crippen molar-refractivity contribution in [2.45, 2.75) is 25.9 Å². The fourth-order valence-corrected chi connectivity index (χ4v) is 2.09. The second kappa shape index (κ2) is 6.52. The summed E-state index contributed by atoms with van der Waals surface area (Å²) >= 11 is 6.15. The Labute approximate surface area is 113 Å². The minimum atomic E-state index is -0.856. The van der Waals surface area contributed by atoms with Crippen molar-refractivity contribution in [3.8, 4) is 0 Å². The Kier molecular flexibility index (Phi) is 5.59. The third-order valence-electron chi connectivity index (χ3n) is 2.82. The van der Waals surface area contributed by atoms with Crippen molar-refractivity contribution < 1.29 is 9.84 Å². The van der Waals surface area contributed by atoms with Crippen LogP contribution in [0.5, 0.6) is 0 Å². The molecule has 18 heavy (non-hydrogen) atoms. The molecule has 0 spiro atoms. The summed E-state index contributed by atoms with van der Waals surface area (Å²) in [5.41, 5.74) is 0.905. The van der Waals surface area contributed by atoms with Gasteiger partial charge in [0.1, 0.15) is 5.15 Å². The van der Waals surface area contributed by atoms with Crippen molar-refractivity contribution in [2.75, 3.05) is 26.8 Å². The Morgan fingerprint density at radius 1 is 1.56 bits per heavy atom. The van der Waals surface area contributed by atoms with Crippen molar-refractivity contribution in [1.29, 1.82) is 0 Å². The number of rotatable bonds is 7. The molecule has 0 saturated carbocycles. The summed E-state index contributed by atoms with van der Waals surface area (Å²) < 4.78 is 6.56. The molecule has 0 saturated heterocycles. The summed E-state index contributed by atoms with van der Waals surface area (Å²) in [5, 5.41) is 18.3. The largest absolute Gasteiger partial charge is 0.389 e. The number of hydrogen-bond donors (Lipinski definition) is 2. The lowest BCUT2D eigenvalue weighted by Crippen LogP contribution is -2.40. The summed E-state index contributed by atoms with van der Waals surface area (Å²) in [7, 11) is 3.45. The molecule has 0 radical (unpaired) electrons. The molecule has 0 aromatic carbocycles. The van der Waals surface area contributed by atoms with Crippen LogP contribution in [0.4, 0.5) is 0 Å². The van der Waals surface area contributed by atoms with Crippen molar-refractivity contribution in [3.63, 3.8) is 0 Å². The van der Waals surface area contributed by atoms with Gasteiger partial charge >= 0.3 is 0 Å². The Hall–Kier alpha value is -0.620. The van der Waals surface area contributed by atoms with Gasteiger partial charge in [-0.25, -0.2) is 0 Å². The van der Waals surface area contributed by atoms with Crippen LogP contribution in [-0.2, 0) is 18.2 Å². The van der Waals surface area contributed by atoms with Crippen molar-refractivity contribution in [2.24, 2.45) is 7.05 Å². The van der Waals surface area contributed by atoms with Gasteiger partial charge in [-0.15, -0.1) is 0 Å². The maximum absolute atomic E-state index is 10.3. The molecule has 1 atom stereocenters. The molecule has 1 aromatic heterocycles. The molecule has 0 amide bonds. The highest BCUT2D eigenvalue weighted by Crippen LogP contribution is 2.23. The highest BCUT2D eigenvalue weighted by molar-refractivity contribution is 6.30. The SMILES string of the molecule is COCCNCC(C)(O)Cc1c(C)nn(C)c1Cl. The summed E-state index contributed by atoms with van der Waals surface area (Å²) in [6, 6.07) is 0. The Bertz CT molecular complexity index is 391. The smallest absolute Gasteiger partial charge is 0.130 e. The van der Waals surface area contributed by atoms with Crippen LogP contribution in [0.25, 0.3) is 0 Å². The van der Waals surface area contributed by atoms with Gasteiger partial charge in [0.15, 0.2) is 0 Å². The van der Waals surface area contributed by atoms with Crippen LogP contribution in [0.2, 0.25) is 5.15 Å². The first-order valence-electron chi connectivity index (χ1n) is 5.97. The zero-order valence-electron chi connectivity index (χ0n) is 11.5. The van der Waals surface area contributed by atoms with E-state index in [-0.39, 0.29) is 0 Å². The van der Waals surface area contributed by atoms with Gasteiger partial charge in [0.25, 0.3) is 0 Å². The lowest BCUT2D eigenvalue weighted by Gasteiger charge is -2.23. The molecule has 0 aliphatic carbocycles. The van der Waals surface area contributed by atoms with Gasteiger partial charge < -0.3 is 15.2 Å². The summed E-state index contributed by atoms with van der Waals surface area (Å²) in [4.78, 5) is 0. The number of halogens is 1. The second-order valence-electron chi connectivity index (χ2n) is 4.82. The van der Waals surface area contributed by atoms with Gasteiger partial charge in [-0.3, -0.25) is 4.68 Å². The highest BCUT2D eigenvalue weighted by Gasteiger charge is 2.24. The average molecular weight is 276 g/mol. The highest BCUT2D eigenvalue weighted by atomic mass is 35.5. The van der Waals surface area contributed by atoms with Crippen molar-refractivity contribution in [1.82, 2.24) is 15.1 Å². The molecule has 0 bridgehead atoms. The topological polar surface area (TPSA) is 59.3 Å². The number of nitrogens with zero attached hydrogens (tertiary/aromatic N) is 2. The molecule has 1 heterocycles. The summed E-state index contributed by atoms with van der Waals surface area (Å²) in [6.07, 6.45) is 0.478. The quantitative estimate of drug-likeness (QED) is 0.727. The van der Waals surface area contributed by atoms with E-state index in [1.807, 2.05) is 6.92 Å². The van der Waals surface area contributed by atoms with E-state index in [1.165, 1.54) is 0 Å². The van der Waals surface area contributed by atoms with Gasteiger partial charge in [0, 0.05) is 39.2 Å². The van der Waals surface area contributed by atoms with Crippen molar-refractivity contribution in [3.05, 3.63) is 16.4 Å². The van der Waals surface area contributed by atoms with E-state index < -0.39 is 5.60 Å². The summed E-state index contributed by atoms with van der Waals surface area (Å²) in [5.74, 6) is 0. The maximum Gasteiger partial charge on any atom is 0.130 e. The number of aromatic nitrogens is 2. The van der Waals surface area contributed by atoms with Gasteiger partial charge in [-0.2, -0.15) is 5.10 Å². The standard InChI is InChI=1S/C12H22ClN3O2/c1-9-10(11(13)16(3)15-9)7-12(2,17)8-14-5-6-18-4/h14,17H,5-8H2,1-4H3. The molecule has 2 N–H and O–H groups in total. The van der Waals surface area contributed by atoms with Crippen LogP contribution in [0.1, 0.15) is 18.2 Å². The van der Waals surface area contributed by atoms with E-state index in [2.05, 4.69) is 10.4 Å². The number of ether oxygens (including phenoxy) is 1. The van der Waals surface area contributed by atoms with E-state index >= 15 is 0 Å². The zero-order valence-corrected chi connectivity index (χ0v) is 12.2. The lowest BCUT2D eigenvalue weighted by molar-refractivity contribution is 0.0580. The molecule has 1 aromatic rings. The van der Waals surface area contributed by atoms with Crippen LogP contribution < -0.4 is 5.32 Å². The summed E-state index contributed by atoms with van der Waals surface area (Å²) in [6.45, 7) is 5.52. The molecule has 1 rings (SSSR count). The Balaban J connectivity index is 2.58. The average Bonchev–Trinajstić information content (AvgIpc) is 2.51. The molecule has 0 aliphatic heterocycles. The van der Waals surface area contributed by atoms with E-state index in [0.29, 0.717) is 31.3 Å². The molecule has 1 unspecified atom stereocenters. The Morgan fingerprint density at radius 2 is 2.22 bits per heavy atom. The van der Waals surface area contributed by atoms with Crippen LogP contribution >= 0.6 is 11.6 Å². The van der Waals surface area contributed by atoms with Crippen molar-refractivity contribution >= 4 is 11.6 Å². The molecule has 6 heteroatoms. The zero-order chi connectivity index (χ0) is 13.8. The van der Waals surface area contributed by atoms with E-state index in [1.54, 1.807) is 25.8 Å².